The topological polar surface area (TPSA) is 145 Å². The normalized spacial score (nSPS) is 13.7. The van der Waals surface area contributed by atoms with Gasteiger partial charge in [-0.1, -0.05) is 72.4 Å². The summed E-state index contributed by atoms with van der Waals surface area (Å²) in [6.07, 6.45) is -0.142. The zero-order valence-electron chi connectivity index (χ0n) is 28.3. The largest absolute Gasteiger partial charge is 0.493 e. The summed E-state index contributed by atoms with van der Waals surface area (Å²) >= 11 is 1.03. The summed E-state index contributed by atoms with van der Waals surface area (Å²) in [5.74, 6) is -0.850. The lowest BCUT2D eigenvalue weighted by atomic mass is 9.98. The van der Waals surface area contributed by atoms with Crippen LogP contribution in [0.2, 0.25) is 0 Å². The van der Waals surface area contributed by atoms with E-state index in [0.717, 1.165) is 22.2 Å². The average molecular weight is 714 g/mol. The molecule has 0 spiro atoms. The van der Waals surface area contributed by atoms with Gasteiger partial charge in [0.2, 0.25) is 17.6 Å². The molecule has 52 heavy (non-hydrogen) atoms. The highest BCUT2D eigenvalue weighted by Gasteiger charge is 2.41. The number of benzene rings is 4. The fourth-order valence-corrected chi connectivity index (χ4v) is 6.83. The Balaban J connectivity index is 1.27. The van der Waals surface area contributed by atoms with Crippen molar-refractivity contribution in [3.63, 3.8) is 0 Å². The number of Topliss-reactive ketones (excluding diaryl/α,β-unsaturated/α-hetero) is 1. The Bertz CT molecular complexity index is 2180. The molecule has 0 bridgehead atoms. The molecule has 12 heteroatoms. The van der Waals surface area contributed by atoms with Gasteiger partial charge in [-0.2, -0.15) is 5.26 Å². The Morgan fingerprint density at radius 1 is 0.827 bits per heavy atom. The second-order valence-corrected chi connectivity index (χ2v) is 12.6. The molecule has 0 saturated carbocycles. The zero-order valence-corrected chi connectivity index (χ0v) is 29.1. The second-order valence-electron chi connectivity index (χ2n) is 11.4. The summed E-state index contributed by atoms with van der Waals surface area (Å²) in [6, 6.07) is 31.1. The van der Waals surface area contributed by atoms with Gasteiger partial charge < -0.3 is 18.9 Å². The number of rotatable bonds is 12. The standard InChI is InChI=1S/C40H31N3O8S/c1-48-33-18-27(19-34(49-2)37(33)50-3)29-20-31(24-10-6-4-7-11-24)42-38(30(29)22-41)52-35-21-36(45)43(39(35)46)28-16-14-26(15-17-28)40(47)51-23-32(44)25-12-8-5-9-13-25/h4-20,35H,21,23H2,1-3H3. The summed E-state index contributed by atoms with van der Waals surface area (Å²) in [4.78, 5) is 57.9. The van der Waals surface area contributed by atoms with Crippen LogP contribution in [0.25, 0.3) is 22.4 Å². The van der Waals surface area contributed by atoms with Gasteiger partial charge in [-0.15, -0.1) is 0 Å². The molecule has 1 aromatic heterocycles. The highest BCUT2D eigenvalue weighted by Crippen LogP contribution is 2.44. The lowest BCUT2D eigenvalue weighted by molar-refractivity contribution is -0.121. The van der Waals surface area contributed by atoms with Gasteiger partial charge in [-0.05, 0) is 48.0 Å². The van der Waals surface area contributed by atoms with Gasteiger partial charge in [0.15, 0.2) is 23.9 Å². The van der Waals surface area contributed by atoms with Crippen LogP contribution in [-0.4, -0.2) is 61.7 Å². The highest BCUT2D eigenvalue weighted by molar-refractivity contribution is 8.00. The first-order chi connectivity index (χ1) is 25.3. The molecule has 1 saturated heterocycles. The lowest BCUT2D eigenvalue weighted by Crippen LogP contribution is -2.31. The zero-order chi connectivity index (χ0) is 36.8. The summed E-state index contributed by atoms with van der Waals surface area (Å²) in [5.41, 5.74) is 3.46. The molecule has 5 aromatic rings. The van der Waals surface area contributed by atoms with E-state index in [-0.39, 0.29) is 34.0 Å². The lowest BCUT2D eigenvalue weighted by Gasteiger charge is -2.18. The molecule has 11 nitrogen and oxygen atoms in total. The molecule has 1 fully saturated rings. The van der Waals surface area contributed by atoms with Crippen molar-refractivity contribution >= 4 is 41.0 Å². The third-order valence-corrected chi connectivity index (χ3v) is 9.47. The van der Waals surface area contributed by atoms with Crippen LogP contribution in [0.3, 0.4) is 0 Å². The van der Waals surface area contributed by atoms with Gasteiger partial charge >= 0.3 is 5.97 Å². The molecule has 1 atom stereocenters. The molecule has 6 rings (SSSR count). The van der Waals surface area contributed by atoms with E-state index < -0.39 is 29.6 Å². The first kappa shape index (κ1) is 35.4. The van der Waals surface area contributed by atoms with Crippen LogP contribution in [0.15, 0.2) is 108 Å². The molecule has 1 unspecified atom stereocenters. The van der Waals surface area contributed by atoms with Crippen molar-refractivity contribution in [1.82, 2.24) is 4.98 Å². The third kappa shape index (κ3) is 7.21. The van der Waals surface area contributed by atoms with Crippen molar-refractivity contribution in [2.24, 2.45) is 0 Å². The van der Waals surface area contributed by atoms with Gasteiger partial charge in [0.25, 0.3) is 0 Å². The molecule has 0 aliphatic carbocycles. The Kier molecular flexibility index (Phi) is 10.6. The smallest absolute Gasteiger partial charge is 0.338 e. The van der Waals surface area contributed by atoms with E-state index >= 15 is 0 Å². The van der Waals surface area contributed by atoms with Gasteiger partial charge in [-0.25, -0.2) is 14.7 Å². The molecule has 2 amide bonds. The van der Waals surface area contributed by atoms with Gasteiger partial charge in [0, 0.05) is 23.1 Å². The molecule has 1 aliphatic heterocycles. The highest BCUT2D eigenvalue weighted by atomic mass is 32.2. The molecule has 260 valence electrons. The van der Waals surface area contributed by atoms with Crippen molar-refractivity contribution in [2.45, 2.75) is 16.7 Å². The molecule has 0 N–H and O–H groups in total. The van der Waals surface area contributed by atoms with Crippen molar-refractivity contribution < 1.29 is 38.1 Å². The first-order valence-corrected chi connectivity index (χ1v) is 16.8. The number of pyridine rings is 1. The molecule has 4 aromatic carbocycles. The number of thioether (sulfide) groups is 1. The number of hydrogen-bond donors (Lipinski definition) is 0. The van der Waals surface area contributed by atoms with Crippen LogP contribution in [0.4, 0.5) is 5.69 Å². The molecular formula is C40H31N3O8S. The van der Waals surface area contributed by atoms with Crippen molar-refractivity contribution in [2.75, 3.05) is 32.8 Å². The Hall–Kier alpha value is -6.45. The number of carbonyl (C=O) groups is 4. The number of carbonyl (C=O) groups excluding carboxylic acids is 4. The average Bonchev–Trinajstić information content (AvgIpc) is 3.47. The molecule has 1 aliphatic rings. The second kappa shape index (κ2) is 15.6. The Labute approximate surface area is 303 Å². The van der Waals surface area contributed by atoms with Gasteiger partial charge in [0.05, 0.1) is 49.1 Å². The maximum Gasteiger partial charge on any atom is 0.338 e. The van der Waals surface area contributed by atoms with E-state index in [9.17, 15) is 24.4 Å². The fraction of sp³-hybridized carbons (Fsp3) is 0.150. The number of methoxy groups -OCH3 is 3. The number of aromatic nitrogens is 1. The predicted octanol–water partition coefficient (Wildman–Crippen LogP) is 6.78. The van der Waals surface area contributed by atoms with Crippen LogP contribution in [0.5, 0.6) is 17.2 Å². The maximum absolute atomic E-state index is 13.8. The van der Waals surface area contributed by atoms with Gasteiger partial charge in [0.1, 0.15) is 11.1 Å². The van der Waals surface area contributed by atoms with E-state index in [1.807, 2.05) is 30.3 Å². The van der Waals surface area contributed by atoms with E-state index in [1.165, 1.54) is 45.6 Å². The number of nitriles is 1. The Morgan fingerprint density at radius 2 is 1.46 bits per heavy atom. The van der Waals surface area contributed by atoms with Gasteiger partial charge in [-0.3, -0.25) is 14.4 Å². The van der Waals surface area contributed by atoms with Crippen LogP contribution < -0.4 is 19.1 Å². The van der Waals surface area contributed by atoms with Crippen molar-refractivity contribution in [3.8, 4) is 45.7 Å². The van der Waals surface area contributed by atoms with Crippen LogP contribution in [-0.2, 0) is 14.3 Å². The van der Waals surface area contributed by atoms with Crippen LogP contribution in [0.1, 0.15) is 32.7 Å². The van der Waals surface area contributed by atoms with E-state index in [1.54, 1.807) is 48.5 Å². The first-order valence-electron chi connectivity index (χ1n) is 16.0. The summed E-state index contributed by atoms with van der Waals surface area (Å²) < 4.78 is 21.8. The number of ketones is 1. The number of imide groups is 1. The predicted molar refractivity (Wildman–Crippen MR) is 194 cm³/mol. The quantitative estimate of drug-likeness (QED) is 0.0767. The minimum absolute atomic E-state index is 0.142. The SMILES string of the molecule is COc1cc(-c2cc(-c3ccccc3)nc(SC3CC(=O)N(c4ccc(C(=O)OCC(=O)c5ccccc5)cc4)C3=O)c2C#N)cc(OC)c1OC. The minimum Gasteiger partial charge on any atom is -0.493 e. The van der Waals surface area contributed by atoms with Crippen LogP contribution >= 0.6 is 11.8 Å². The Morgan fingerprint density at radius 3 is 2.06 bits per heavy atom. The molecular weight excluding hydrogens is 683 g/mol. The number of ether oxygens (including phenoxy) is 4. The van der Waals surface area contributed by atoms with Crippen molar-refractivity contribution in [1.29, 1.82) is 5.26 Å². The number of hydrogen-bond acceptors (Lipinski definition) is 11. The third-order valence-electron chi connectivity index (χ3n) is 8.29. The number of anilines is 1. The summed E-state index contributed by atoms with van der Waals surface area (Å²) in [5, 5.41) is 9.86. The van der Waals surface area contributed by atoms with E-state index in [0.29, 0.717) is 39.6 Å². The fourth-order valence-electron chi connectivity index (χ4n) is 5.71. The monoisotopic (exact) mass is 713 g/mol. The minimum atomic E-state index is -0.889. The summed E-state index contributed by atoms with van der Waals surface area (Å²) in [7, 11) is 4.50. The molecule has 2 heterocycles. The van der Waals surface area contributed by atoms with Crippen LogP contribution in [0, 0.1) is 11.3 Å². The van der Waals surface area contributed by atoms with E-state index in [2.05, 4.69) is 6.07 Å². The summed E-state index contributed by atoms with van der Waals surface area (Å²) in [6.45, 7) is -0.432. The van der Waals surface area contributed by atoms with Crippen molar-refractivity contribution in [3.05, 3.63) is 120 Å². The number of esters is 1. The molecule has 0 radical (unpaired) electrons. The number of nitrogens with zero attached hydrogens (tertiary/aromatic N) is 3. The maximum atomic E-state index is 13.8. The number of amides is 2. The van der Waals surface area contributed by atoms with E-state index in [4.69, 9.17) is 23.9 Å².